The summed E-state index contributed by atoms with van der Waals surface area (Å²) in [6.45, 7) is 5.42. The van der Waals surface area contributed by atoms with E-state index >= 15 is 0 Å². The Morgan fingerprint density at radius 3 is 2.26 bits per heavy atom. The molecule has 23 heavy (non-hydrogen) atoms. The van der Waals surface area contributed by atoms with Crippen molar-refractivity contribution >= 4 is 17.6 Å². The van der Waals surface area contributed by atoms with Crippen molar-refractivity contribution in [3.05, 3.63) is 41.6 Å². The first-order valence-corrected chi connectivity index (χ1v) is 7.22. The van der Waals surface area contributed by atoms with Crippen molar-refractivity contribution in [3.8, 4) is 0 Å². The lowest BCUT2D eigenvalue weighted by atomic mass is 10.2. The highest BCUT2D eigenvalue weighted by atomic mass is 19.2. The molecule has 5 nitrogen and oxygen atoms in total. The fourth-order valence-corrected chi connectivity index (χ4v) is 1.89. The molecule has 1 aromatic rings. The summed E-state index contributed by atoms with van der Waals surface area (Å²) in [6, 6.07) is 3.19. The first-order chi connectivity index (χ1) is 10.9. The smallest absolute Gasteiger partial charge is 0.355 e. The number of hydrogen-bond donors (Lipinski definition) is 0. The number of hydrogen-bond acceptors (Lipinski definition) is 5. The highest BCUT2D eigenvalue weighted by molar-refractivity contribution is 5.99. The molecule has 0 aliphatic carbocycles. The van der Waals surface area contributed by atoms with Gasteiger partial charge in [-0.2, -0.15) is 0 Å². The molecule has 0 spiro atoms. The molecule has 0 aliphatic heterocycles. The summed E-state index contributed by atoms with van der Waals surface area (Å²) >= 11 is 0. The molecule has 0 bridgehead atoms. The molecule has 0 amide bonds. The van der Waals surface area contributed by atoms with E-state index in [1.165, 1.54) is 11.0 Å². The van der Waals surface area contributed by atoms with Gasteiger partial charge >= 0.3 is 11.9 Å². The van der Waals surface area contributed by atoms with E-state index in [-0.39, 0.29) is 31.1 Å². The van der Waals surface area contributed by atoms with Crippen molar-refractivity contribution in [1.82, 2.24) is 0 Å². The van der Waals surface area contributed by atoms with E-state index in [9.17, 15) is 18.4 Å². The third kappa shape index (κ3) is 5.05. The SMILES string of the molecule is CCOC(=O)/C=C(/C(=O)OCC)N(CC)c1ccc(F)c(F)c1. The van der Waals surface area contributed by atoms with Crippen LogP contribution in [0.25, 0.3) is 0 Å². The van der Waals surface area contributed by atoms with Crippen LogP contribution in [0, 0.1) is 11.6 Å². The molecule has 0 saturated carbocycles. The largest absolute Gasteiger partial charge is 0.463 e. The standard InChI is InChI=1S/C16H19F2NO4/c1-4-19(11-7-8-12(17)13(18)9-11)14(16(21)23-6-3)10-15(20)22-5-2/h7-10H,4-6H2,1-3H3/b14-10-. The number of ether oxygens (including phenoxy) is 2. The van der Waals surface area contributed by atoms with Crippen LogP contribution in [0.2, 0.25) is 0 Å². The molecule has 0 aromatic heterocycles. The molecule has 0 radical (unpaired) electrons. The number of esters is 2. The summed E-state index contributed by atoms with van der Waals surface area (Å²) in [5, 5.41) is 0. The van der Waals surface area contributed by atoms with Gasteiger partial charge in [-0.1, -0.05) is 0 Å². The predicted molar refractivity (Wildman–Crippen MR) is 80.7 cm³/mol. The third-order valence-corrected chi connectivity index (χ3v) is 2.85. The van der Waals surface area contributed by atoms with Gasteiger partial charge in [-0.3, -0.25) is 0 Å². The Labute approximate surface area is 133 Å². The zero-order chi connectivity index (χ0) is 17.4. The van der Waals surface area contributed by atoms with Crippen LogP contribution in [0.15, 0.2) is 30.0 Å². The number of carbonyl (C=O) groups is 2. The van der Waals surface area contributed by atoms with Gasteiger partial charge in [0.2, 0.25) is 0 Å². The van der Waals surface area contributed by atoms with Gasteiger partial charge in [0.1, 0.15) is 5.70 Å². The Morgan fingerprint density at radius 2 is 1.74 bits per heavy atom. The summed E-state index contributed by atoms with van der Waals surface area (Å²) in [5.74, 6) is -3.54. The molecule has 7 heteroatoms. The van der Waals surface area contributed by atoms with Crippen molar-refractivity contribution in [1.29, 1.82) is 0 Å². The molecule has 0 aliphatic rings. The van der Waals surface area contributed by atoms with Crippen molar-refractivity contribution in [2.24, 2.45) is 0 Å². The predicted octanol–water partition coefficient (Wildman–Crippen LogP) is 2.80. The summed E-state index contributed by atoms with van der Waals surface area (Å²) in [5.41, 5.74) is 0.105. The van der Waals surface area contributed by atoms with Crippen LogP contribution in [-0.4, -0.2) is 31.7 Å². The minimum absolute atomic E-state index is 0.105. The maximum Gasteiger partial charge on any atom is 0.355 e. The normalized spacial score (nSPS) is 11.1. The van der Waals surface area contributed by atoms with Crippen LogP contribution in [0.4, 0.5) is 14.5 Å². The van der Waals surface area contributed by atoms with E-state index < -0.39 is 23.6 Å². The highest BCUT2D eigenvalue weighted by Gasteiger charge is 2.22. The van der Waals surface area contributed by atoms with E-state index in [2.05, 4.69) is 0 Å². The zero-order valence-corrected chi connectivity index (χ0v) is 13.3. The van der Waals surface area contributed by atoms with Crippen LogP contribution in [0.5, 0.6) is 0 Å². The van der Waals surface area contributed by atoms with Gasteiger partial charge in [0, 0.05) is 18.3 Å². The van der Waals surface area contributed by atoms with Crippen molar-refractivity contribution < 1.29 is 27.8 Å². The molecule has 0 saturated heterocycles. The number of benzene rings is 1. The van der Waals surface area contributed by atoms with Crippen LogP contribution in [-0.2, 0) is 19.1 Å². The number of halogens is 2. The fraction of sp³-hybridized carbons (Fsp3) is 0.375. The van der Waals surface area contributed by atoms with Crippen molar-refractivity contribution in [3.63, 3.8) is 0 Å². The maximum absolute atomic E-state index is 13.4. The summed E-state index contributed by atoms with van der Waals surface area (Å²) < 4.78 is 36.2. The van der Waals surface area contributed by atoms with Gasteiger partial charge in [0.05, 0.1) is 19.3 Å². The number of carbonyl (C=O) groups excluding carboxylic acids is 2. The Morgan fingerprint density at radius 1 is 1.09 bits per heavy atom. The van der Waals surface area contributed by atoms with Crippen LogP contribution < -0.4 is 4.90 Å². The maximum atomic E-state index is 13.4. The van der Waals surface area contributed by atoms with E-state index in [1.54, 1.807) is 20.8 Å². The lowest BCUT2D eigenvalue weighted by Crippen LogP contribution is -2.29. The topological polar surface area (TPSA) is 55.8 Å². The van der Waals surface area contributed by atoms with Gasteiger partial charge in [0.25, 0.3) is 0 Å². The van der Waals surface area contributed by atoms with Gasteiger partial charge < -0.3 is 14.4 Å². The first kappa shape index (κ1) is 18.6. The van der Waals surface area contributed by atoms with Crippen LogP contribution in [0.3, 0.4) is 0 Å². The molecular weight excluding hydrogens is 308 g/mol. The number of likely N-dealkylation sites (N-methyl/N-ethyl adjacent to an activating group) is 1. The van der Waals surface area contributed by atoms with E-state index in [0.717, 1.165) is 18.2 Å². The Kier molecular flexibility index (Phi) is 7.18. The summed E-state index contributed by atoms with van der Waals surface area (Å²) in [4.78, 5) is 25.1. The van der Waals surface area contributed by atoms with Gasteiger partial charge in [-0.15, -0.1) is 0 Å². The minimum atomic E-state index is -1.06. The Hall–Kier alpha value is -2.44. The van der Waals surface area contributed by atoms with E-state index in [0.29, 0.717) is 0 Å². The van der Waals surface area contributed by atoms with Crippen LogP contribution in [0.1, 0.15) is 20.8 Å². The molecule has 0 N–H and O–H groups in total. The third-order valence-electron chi connectivity index (χ3n) is 2.85. The van der Waals surface area contributed by atoms with E-state index in [4.69, 9.17) is 9.47 Å². The molecule has 1 rings (SSSR count). The van der Waals surface area contributed by atoms with Gasteiger partial charge in [-0.25, -0.2) is 18.4 Å². The summed E-state index contributed by atoms with van der Waals surface area (Å²) in [7, 11) is 0. The molecule has 126 valence electrons. The Balaban J connectivity index is 3.26. The zero-order valence-electron chi connectivity index (χ0n) is 13.3. The molecule has 0 heterocycles. The number of anilines is 1. The lowest BCUT2D eigenvalue weighted by molar-refractivity contribution is -0.141. The highest BCUT2D eigenvalue weighted by Crippen LogP contribution is 2.22. The van der Waals surface area contributed by atoms with Gasteiger partial charge in [0.15, 0.2) is 11.6 Å². The second-order valence-corrected chi connectivity index (χ2v) is 4.34. The monoisotopic (exact) mass is 327 g/mol. The first-order valence-electron chi connectivity index (χ1n) is 7.22. The molecule has 0 unspecified atom stereocenters. The minimum Gasteiger partial charge on any atom is -0.463 e. The van der Waals surface area contributed by atoms with Crippen LogP contribution >= 0.6 is 0 Å². The average Bonchev–Trinajstić information content (AvgIpc) is 2.51. The fourth-order valence-electron chi connectivity index (χ4n) is 1.89. The molecule has 1 aromatic carbocycles. The second kappa shape index (κ2) is 8.87. The molecule has 0 atom stereocenters. The van der Waals surface area contributed by atoms with Crippen molar-refractivity contribution in [2.75, 3.05) is 24.7 Å². The van der Waals surface area contributed by atoms with Gasteiger partial charge in [-0.05, 0) is 32.9 Å². The Bertz CT molecular complexity index is 602. The molecule has 0 fully saturated rings. The number of rotatable bonds is 7. The van der Waals surface area contributed by atoms with E-state index in [1.807, 2.05) is 0 Å². The summed E-state index contributed by atoms with van der Waals surface area (Å²) in [6.07, 6.45) is 0.978. The average molecular weight is 327 g/mol. The second-order valence-electron chi connectivity index (χ2n) is 4.34. The quantitative estimate of drug-likeness (QED) is 0.569. The number of nitrogens with zero attached hydrogens (tertiary/aromatic N) is 1. The lowest BCUT2D eigenvalue weighted by Gasteiger charge is -2.24. The molecular formula is C16H19F2NO4. The van der Waals surface area contributed by atoms with Crippen molar-refractivity contribution in [2.45, 2.75) is 20.8 Å².